The molecule has 0 radical (unpaired) electrons. The quantitative estimate of drug-likeness (QED) is 0.471. The second-order valence-electron chi connectivity index (χ2n) is 8.45. The predicted molar refractivity (Wildman–Crippen MR) is 144 cm³/mol. The highest BCUT2D eigenvalue weighted by Gasteiger charge is 2.38. The van der Waals surface area contributed by atoms with Gasteiger partial charge in [0.2, 0.25) is 0 Å². The Kier molecular flexibility index (Phi) is 4.43. The van der Waals surface area contributed by atoms with E-state index >= 15 is 0 Å². The summed E-state index contributed by atoms with van der Waals surface area (Å²) in [6.45, 7) is -0.972. The molecule has 1 aliphatic rings. The molecular formula is C29H41ClN2O3. The monoisotopic (exact) mass is 515 g/mol. The molecule has 1 aliphatic heterocycles. The van der Waals surface area contributed by atoms with Crippen molar-refractivity contribution < 1.29 is 33.8 Å². The van der Waals surface area contributed by atoms with E-state index in [0.29, 0.717) is 16.0 Å². The Bertz CT molecular complexity index is 1660. The molecule has 0 saturated carbocycles. The van der Waals surface area contributed by atoms with Gasteiger partial charge >= 0.3 is 5.97 Å². The first-order valence-corrected chi connectivity index (χ1v) is 11.5. The topological polar surface area (TPSA) is 53.0 Å². The predicted octanol–water partition coefficient (Wildman–Crippen LogP) is 5.94. The molecule has 2 aromatic carbocycles. The molecule has 0 bridgehead atoms. The number of carboxylic acid groups (broad SMARTS) is 1. The number of carboxylic acids is 1. The van der Waals surface area contributed by atoms with Gasteiger partial charge in [0.25, 0.3) is 1.43 Å². The van der Waals surface area contributed by atoms with E-state index in [1.54, 1.807) is 13.8 Å². The zero-order valence-electron chi connectivity index (χ0n) is 36.2. The number of hydrogen-bond acceptors (Lipinski definition) is 5. The fourth-order valence-electron chi connectivity index (χ4n) is 3.57. The van der Waals surface area contributed by atoms with Crippen LogP contribution < -0.4 is 0 Å². The summed E-state index contributed by atoms with van der Waals surface area (Å²) in [6, 6.07) is -13.3. The Morgan fingerprint density at radius 2 is 1.91 bits per heavy atom. The minimum atomic E-state index is -3.55. The van der Waals surface area contributed by atoms with Crippen LogP contribution in [0.5, 0.6) is 0 Å². The average molecular weight is 516 g/mol. The molecule has 0 aliphatic carbocycles. The maximum Gasteiger partial charge on any atom is 0.332 e. The number of halogens is 1. The summed E-state index contributed by atoms with van der Waals surface area (Å²) < 4.78 is 140. The van der Waals surface area contributed by atoms with E-state index < -0.39 is 79.4 Å². The van der Waals surface area contributed by atoms with E-state index in [1.807, 2.05) is 0 Å². The average Bonchev–Trinajstić information content (AvgIpc) is 2.97. The summed E-state index contributed by atoms with van der Waals surface area (Å²) >= 11 is 6.28. The third kappa shape index (κ3) is 6.08. The number of ether oxygens (including phenoxy) is 1. The van der Waals surface area contributed by atoms with Gasteiger partial charge in [-0.05, 0) is 94.8 Å². The van der Waals surface area contributed by atoms with Crippen LogP contribution in [0.3, 0.4) is 0 Å². The lowest BCUT2D eigenvalue weighted by Crippen LogP contribution is -2.60. The van der Waals surface area contributed by atoms with Crippen LogP contribution in [0.1, 0.15) is 86.3 Å². The molecular weight excluding hydrogens is 460 g/mol. The van der Waals surface area contributed by atoms with Crippen LogP contribution >= 0.6 is 11.6 Å². The standard InChI is InChI=1S/C29H41ClN2O3/c1-17-9-11-26(23(7)22(17)6)28(25-10-12-27(30)18(2)13-25)32-19(3)14-31(15-20(32)4)21(5)16-35-24(8)29(33)34/h9-13,19-21,24,28H,14-16H2,1-8H3,(H,33,34)/i9D,10D,12D,13D,14D2,15D2,16D2,19D,20D,21D,28D/hD. The van der Waals surface area contributed by atoms with Gasteiger partial charge < -0.3 is 9.85 Å². The van der Waals surface area contributed by atoms with Crippen molar-refractivity contribution in [1.82, 2.24) is 9.80 Å². The summed E-state index contributed by atoms with van der Waals surface area (Å²) in [4.78, 5) is 12.4. The Morgan fingerprint density at radius 3 is 2.54 bits per heavy atom. The largest absolute Gasteiger partial charge is 0.479 e. The zero-order valence-corrected chi connectivity index (χ0v) is 21.9. The highest BCUT2D eigenvalue weighted by atomic mass is 35.5. The van der Waals surface area contributed by atoms with Crippen LogP contribution in [-0.2, 0) is 9.53 Å². The minimum Gasteiger partial charge on any atom is -0.479 e. The van der Waals surface area contributed by atoms with Crippen molar-refractivity contribution >= 4 is 17.6 Å². The summed E-state index contributed by atoms with van der Waals surface area (Å²) in [5.74, 6) is -1.38. The van der Waals surface area contributed by atoms with Crippen molar-refractivity contribution in [2.75, 3.05) is 19.6 Å². The SMILES string of the molecule is [2H]OC(=O)C(C)OC([2H])([2H])C([2H])(C)N1C([2H])([2H])C([2H])(C)N(C([2H])(c2cc([2H])c(C)c(C)c2C)c2c([2H])c([2H])c(Cl)c(C)c2[2H])C([2H])(C)C1([2H])[2H]. The second kappa shape index (κ2) is 11.4. The molecule has 1 saturated heterocycles. The lowest BCUT2D eigenvalue weighted by molar-refractivity contribution is -0.150. The van der Waals surface area contributed by atoms with Gasteiger partial charge in [0.05, 0.1) is 22.2 Å². The first-order chi connectivity index (χ1) is 22.3. The van der Waals surface area contributed by atoms with Crippen molar-refractivity contribution in [3.63, 3.8) is 0 Å². The van der Waals surface area contributed by atoms with Gasteiger partial charge in [-0.25, -0.2) is 4.79 Å². The van der Waals surface area contributed by atoms with E-state index in [4.69, 9.17) is 27.4 Å². The number of benzene rings is 2. The Labute approximate surface area is 237 Å². The van der Waals surface area contributed by atoms with Crippen LogP contribution in [-0.4, -0.2) is 64.6 Å². The van der Waals surface area contributed by atoms with E-state index in [1.165, 1.54) is 19.9 Å². The molecule has 0 spiro atoms. The van der Waals surface area contributed by atoms with E-state index in [9.17, 15) is 14.4 Å². The van der Waals surface area contributed by atoms with E-state index in [-0.39, 0.29) is 32.7 Å². The maximum absolute atomic E-state index is 11.9. The highest BCUT2D eigenvalue weighted by Crippen LogP contribution is 2.38. The van der Waals surface area contributed by atoms with Crippen molar-refractivity contribution in [1.29, 1.82) is 1.43 Å². The Morgan fingerprint density at radius 1 is 1.26 bits per heavy atom. The first-order valence-electron chi connectivity index (χ1n) is 18.5. The van der Waals surface area contributed by atoms with Gasteiger partial charge in [-0.3, -0.25) is 9.80 Å². The molecule has 1 fully saturated rings. The van der Waals surface area contributed by atoms with Crippen LogP contribution in [0.15, 0.2) is 30.2 Å². The highest BCUT2D eigenvalue weighted by molar-refractivity contribution is 6.31. The molecule has 1 heterocycles. The van der Waals surface area contributed by atoms with Gasteiger partial charge in [0.1, 0.15) is 0 Å². The Hall–Kier alpha value is -1.92. The molecule has 0 amide bonds. The summed E-state index contributed by atoms with van der Waals surface area (Å²) in [7, 11) is 0. The first kappa shape index (κ1) is 13.6. The van der Waals surface area contributed by atoms with Crippen molar-refractivity contribution in [3.8, 4) is 0 Å². The van der Waals surface area contributed by atoms with Crippen molar-refractivity contribution in [3.05, 3.63) is 68.6 Å². The molecule has 6 heteroatoms. The molecule has 2 aromatic rings. The number of nitrogens with zero attached hydrogens (tertiary/aromatic N) is 2. The molecule has 3 rings (SSSR count). The summed E-state index contributed by atoms with van der Waals surface area (Å²) in [6.07, 6.45) is -1.83. The van der Waals surface area contributed by atoms with Crippen LogP contribution in [0.2, 0.25) is 5.02 Å². The number of carbonyl (C=O) groups is 1. The molecule has 0 aromatic heterocycles. The lowest BCUT2D eigenvalue weighted by atomic mass is 9.87. The summed E-state index contributed by atoms with van der Waals surface area (Å²) in [5, 5.41) is 3.53. The molecule has 5 nitrogen and oxygen atoms in total. The second-order valence-corrected chi connectivity index (χ2v) is 8.82. The van der Waals surface area contributed by atoms with Gasteiger partial charge in [0.15, 0.2) is 6.10 Å². The normalized spacial score (nSPS) is 37.5. The number of piperazine rings is 1. The molecule has 192 valence electrons. The van der Waals surface area contributed by atoms with Crippen LogP contribution in [0.4, 0.5) is 0 Å². The van der Waals surface area contributed by atoms with Gasteiger partial charge in [0, 0.05) is 45.7 Å². The number of hydrogen-bond donors (Lipinski definition) is 1. The Balaban J connectivity index is 2.59. The van der Waals surface area contributed by atoms with E-state index in [0.717, 1.165) is 27.7 Å². The third-order valence-electron chi connectivity index (χ3n) is 5.89. The molecule has 35 heavy (non-hydrogen) atoms. The smallest absolute Gasteiger partial charge is 0.332 e. The van der Waals surface area contributed by atoms with Gasteiger partial charge in [-0.15, -0.1) is 0 Å². The fraction of sp³-hybridized carbons (Fsp3) is 0.552. The molecule has 1 N–H and O–H groups in total. The van der Waals surface area contributed by atoms with Gasteiger partial charge in [-0.1, -0.05) is 35.8 Å². The third-order valence-corrected chi connectivity index (χ3v) is 6.26. The summed E-state index contributed by atoms with van der Waals surface area (Å²) in [5.41, 5.74) is 0.272. The van der Waals surface area contributed by atoms with Crippen molar-refractivity contribution in [2.24, 2.45) is 0 Å². The fourth-order valence-corrected chi connectivity index (χ4v) is 3.66. The minimum absolute atomic E-state index is 0.0158. The molecule has 5 unspecified atom stereocenters. The number of aliphatic carboxylic acids is 1. The maximum atomic E-state index is 11.9. The lowest BCUT2D eigenvalue weighted by Gasteiger charge is -2.50. The van der Waals surface area contributed by atoms with Gasteiger partial charge in [-0.2, -0.15) is 0 Å². The van der Waals surface area contributed by atoms with E-state index in [2.05, 4.69) is 5.11 Å². The number of rotatable bonds is 8. The van der Waals surface area contributed by atoms with Crippen LogP contribution in [0.25, 0.3) is 1.43 Å². The van der Waals surface area contributed by atoms with Crippen LogP contribution in [0, 0.1) is 27.7 Å². The van der Waals surface area contributed by atoms with Crippen molar-refractivity contribution in [2.45, 2.75) is 85.6 Å². The molecule has 5 atom stereocenters. The zero-order chi connectivity index (χ0) is 39.3.